The smallest absolute Gasteiger partial charge is 0.221 e. The fourth-order valence-electron chi connectivity index (χ4n) is 1.82. The normalized spacial score (nSPS) is 10.6. The zero-order valence-electron chi connectivity index (χ0n) is 12.0. The predicted molar refractivity (Wildman–Crippen MR) is 83.9 cm³/mol. The summed E-state index contributed by atoms with van der Waals surface area (Å²) in [7, 11) is 3.60. The second kappa shape index (κ2) is 8.87. The number of halogens is 1. The molecule has 0 saturated carbocycles. The van der Waals surface area contributed by atoms with E-state index in [9.17, 15) is 9.59 Å². The summed E-state index contributed by atoms with van der Waals surface area (Å²) in [5.74, 6) is 0.208. The van der Waals surface area contributed by atoms with E-state index in [1.165, 1.54) is 0 Å². The zero-order chi connectivity index (χ0) is 15.0. The Balaban J connectivity index is 2.24. The molecule has 0 aliphatic heterocycles. The number of carbonyl (C=O) groups excluding carboxylic acids is 2. The number of nitrogens with zero attached hydrogens (tertiary/aromatic N) is 1. The maximum absolute atomic E-state index is 12.0. The molecule has 110 valence electrons. The molecule has 0 heterocycles. The Labute approximate surface area is 128 Å². The highest BCUT2D eigenvalue weighted by Gasteiger charge is 2.07. The van der Waals surface area contributed by atoms with Crippen LogP contribution >= 0.6 is 15.9 Å². The topological polar surface area (TPSA) is 49.4 Å². The summed E-state index contributed by atoms with van der Waals surface area (Å²) >= 11 is 3.35. The Kier molecular flexibility index (Phi) is 7.47. The summed E-state index contributed by atoms with van der Waals surface area (Å²) in [5, 5.41) is 2.60. The number of nitrogens with one attached hydrogen (secondary N) is 1. The van der Waals surface area contributed by atoms with Gasteiger partial charge in [-0.3, -0.25) is 9.59 Å². The standard InChI is InChI=1S/C15H21BrN2O2/c1-17-15(20)9-11-18(2)10-3-4-14(19)12-5-7-13(16)8-6-12/h5-8H,3-4,9-11H2,1-2H3,(H,17,20). The lowest BCUT2D eigenvalue weighted by Gasteiger charge is -2.15. The molecule has 0 aliphatic carbocycles. The Morgan fingerprint density at radius 3 is 2.40 bits per heavy atom. The Hall–Kier alpha value is -1.20. The molecule has 0 saturated heterocycles. The van der Waals surface area contributed by atoms with Crippen LogP contribution in [0.15, 0.2) is 28.7 Å². The third-order valence-electron chi connectivity index (χ3n) is 3.11. The van der Waals surface area contributed by atoms with Crippen molar-refractivity contribution < 1.29 is 9.59 Å². The average molecular weight is 341 g/mol. The van der Waals surface area contributed by atoms with E-state index in [4.69, 9.17) is 0 Å². The lowest BCUT2D eigenvalue weighted by atomic mass is 10.1. The van der Waals surface area contributed by atoms with Gasteiger partial charge in [-0.05, 0) is 32.1 Å². The van der Waals surface area contributed by atoms with E-state index >= 15 is 0 Å². The number of amides is 1. The number of benzene rings is 1. The van der Waals surface area contributed by atoms with Crippen LogP contribution in [0.3, 0.4) is 0 Å². The minimum absolute atomic E-state index is 0.0442. The van der Waals surface area contributed by atoms with Crippen molar-refractivity contribution in [2.45, 2.75) is 19.3 Å². The lowest BCUT2D eigenvalue weighted by Crippen LogP contribution is -2.27. The number of hydrogen-bond acceptors (Lipinski definition) is 3. The van der Waals surface area contributed by atoms with Gasteiger partial charge in [0.1, 0.15) is 0 Å². The number of ketones is 1. The van der Waals surface area contributed by atoms with Crippen LogP contribution in [0.2, 0.25) is 0 Å². The van der Waals surface area contributed by atoms with Gasteiger partial charge in [0.15, 0.2) is 5.78 Å². The van der Waals surface area contributed by atoms with Crippen LogP contribution in [0.25, 0.3) is 0 Å². The largest absolute Gasteiger partial charge is 0.359 e. The highest BCUT2D eigenvalue weighted by Crippen LogP contribution is 2.12. The number of rotatable bonds is 8. The van der Waals surface area contributed by atoms with Crippen LogP contribution in [0.4, 0.5) is 0 Å². The summed E-state index contributed by atoms with van der Waals surface area (Å²) in [5.41, 5.74) is 0.751. The molecule has 0 aromatic heterocycles. The van der Waals surface area contributed by atoms with Gasteiger partial charge >= 0.3 is 0 Å². The highest BCUT2D eigenvalue weighted by atomic mass is 79.9. The molecular formula is C15H21BrN2O2. The van der Waals surface area contributed by atoms with Crippen molar-refractivity contribution in [3.05, 3.63) is 34.3 Å². The molecule has 0 spiro atoms. The lowest BCUT2D eigenvalue weighted by molar-refractivity contribution is -0.120. The van der Waals surface area contributed by atoms with Gasteiger partial charge in [0, 0.05) is 36.5 Å². The van der Waals surface area contributed by atoms with E-state index in [1.54, 1.807) is 7.05 Å². The highest BCUT2D eigenvalue weighted by molar-refractivity contribution is 9.10. The molecular weight excluding hydrogens is 320 g/mol. The summed E-state index contributed by atoms with van der Waals surface area (Å²) in [6, 6.07) is 7.43. The van der Waals surface area contributed by atoms with Crippen molar-refractivity contribution in [2.24, 2.45) is 0 Å². The van der Waals surface area contributed by atoms with Gasteiger partial charge in [0.25, 0.3) is 0 Å². The van der Waals surface area contributed by atoms with Crippen molar-refractivity contribution in [3.63, 3.8) is 0 Å². The Bertz CT molecular complexity index is 446. The summed E-state index contributed by atoms with van der Waals surface area (Å²) in [4.78, 5) is 25.1. The van der Waals surface area contributed by atoms with E-state index < -0.39 is 0 Å². The molecule has 20 heavy (non-hydrogen) atoms. The van der Waals surface area contributed by atoms with Crippen LogP contribution < -0.4 is 5.32 Å². The van der Waals surface area contributed by atoms with E-state index in [0.717, 1.165) is 23.0 Å². The van der Waals surface area contributed by atoms with Crippen molar-refractivity contribution >= 4 is 27.6 Å². The average Bonchev–Trinajstić information content (AvgIpc) is 2.45. The van der Waals surface area contributed by atoms with E-state index in [0.29, 0.717) is 19.4 Å². The van der Waals surface area contributed by atoms with Crippen molar-refractivity contribution in [1.82, 2.24) is 10.2 Å². The molecule has 0 bridgehead atoms. The molecule has 0 radical (unpaired) electrons. The molecule has 1 aromatic carbocycles. The van der Waals surface area contributed by atoms with Crippen LogP contribution in [-0.4, -0.2) is 43.8 Å². The Morgan fingerprint density at radius 2 is 1.80 bits per heavy atom. The molecule has 0 aliphatic rings. The van der Waals surface area contributed by atoms with Crippen LogP contribution in [0, 0.1) is 0 Å². The first kappa shape index (κ1) is 16.9. The van der Waals surface area contributed by atoms with Crippen LogP contribution in [0.5, 0.6) is 0 Å². The second-order valence-corrected chi connectivity index (χ2v) is 5.68. The fourth-order valence-corrected chi connectivity index (χ4v) is 2.08. The van der Waals surface area contributed by atoms with Gasteiger partial charge in [0.2, 0.25) is 5.91 Å². The number of Topliss-reactive ketones (excluding diaryl/α,β-unsaturated/α-hetero) is 1. The van der Waals surface area contributed by atoms with Gasteiger partial charge in [-0.25, -0.2) is 0 Å². The molecule has 0 atom stereocenters. The van der Waals surface area contributed by atoms with Gasteiger partial charge in [0.05, 0.1) is 0 Å². The minimum Gasteiger partial charge on any atom is -0.359 e. The first-order valence-electron chi connectivity index (χ1n) is 6.71. The fraction of sp³-hybridized carbons (Fsp3) is 0.467. The molecule has 4 nitrogen and oxygen atoms in total. The van der Waals surface area contributed by atoms with Crippen molar-refractivity contribution in [3.8, 4) is 0 Å². The molecule has 1 N–H and O–H groups in total. The second-order valence-electron chi connectivity index (χ2n) is 4.76. The van der Waals surface area contributed by atoms with E-state index in [1.807, 2.05) is 31.3 Å². The quantitative estimate of drug-likeness (QED) is 0.739. The van der Waals surface area contributed by atoms with Crippen LogP contribution in [0.1, 0.15) is 29.6 Å². The molecule has 1 amide bonds. The van der Waals surface area contributed by atoms with Crippen LogP contribution in [-0.2, 0) is 4.79 Å². The SMILES string of the molecule is CNC(=O)CCN(C)CCCC(=O)c1ccc(Br)cc1. The number of hydrogen-bond donors (Lipinski definition) is 1. The molecule has 5 heteroatoms. The van der Waals surface area contributed by atoms with Crippen molar-refractivity contribution in [2.75, 3.05) is 27.2 Å². The number of carbonyl (C=O) groups is 2. The third kappa shape index (κ3) is 6.30. The maximum atomic E-state index is 12.0. The summed E-state index contributed by atoms with van der Waals surface area (Å²) < 4.78 is 0.975. The predicted octanol–water partition coefficient (Wildman–Crippen LogP) is 2.48. The molecule has 0 unspecified atom stereocenters. The third-order valence-corrected chi connectivity index (χ3v) is 3.64. The Morgan fingerprint density at radius 1 is 1.15 bits per heavy atom. The molecule has 1 rings (SSSR count). The van der Waals surface area contributed by atoms with Gasteiger partial charge < -0.3 is 10.2 Å². The summed E-state index contributed by atoms with van der Waals surface area (Å²) in [6.45, 7) is 1.53. The van der Waals surface area contributed by atoms with Gasteiger partial charge in [-0.2, -0.15) is 0 Å². The maximum Gasteiger partial charge on any atom is 0.221 e. The molecule has 1 aromatic rings. The monoisotopic (exact) mass is 340 g/mol. The van der Waals surface area contributed by atoms with Gasteiger partial charge in [-0.1, -0.05) is 28.1 Å². The van der Waals surface area contributed by atoms with E-state index in [-0.39, 0.29) is 11.7 Å². The van der Waals surface area contributed by atoms with Gasteiger partial charge in [-0.15, -0.1) is 0 Å². The first-order valence-corrected chi connectivity index (χ1v) is 7.50. The summed E-state index contributed by atoms with van der Waals surface area (Å²) in [6.07, 6.45) is 1.83. The van der Waals surface area contributed by atoms with E-state index in [2.05, 4.69) is 26.1 Å². The van der Waals surface area contributed by atoms with Crippen molar-refractivity contribution in [1.29, 1.82) is 0 Å². The molecule has 0 fully saturated rings. The minimum atomic E-state index is 0.0442. The first-order chi connectivity index (χ1) is 9.52. The zero-order valence-corrected chi connectivity index (χ0v) is 13.6.